The molecule has 0 bridgehead atoms. The number of aromatic nitrogens is 1. The first-order chi connectivity index (χ1) is 9.37. The Morgan fingerprint density at radius 2 is 1.95 bits per heavy atom. The molecule has 0 saturated heterocycles. The molecule has 0 fully saturated rings. The SMILES string of the molecule is O=C(O)N(CC(Cl)(Cl)Cl)c1nc(-c2ccccc2)cs1. The van der Waals surface area contributed by atoms with Crippen LogP contribution in [0.25, 0.3) is 11.3 Å². The van der Waals surface area contributed by atoms with Gasteiger partial charge in [-0.3, -0.25) is 0 Å². The summed E-state index contributed by atoms with van der Waals surface area (Å²) in [5.41, 5.74) is 1.58. The summed E-state index contributed by atoms with van der Waals surface area (Å²) >= 11 is 18.1. The standard InChI is InChI=1S/C12H9Cl3N2O2S/c13-12(14,15)7-17(11(18)19)10-16-9(6-20-10)8-4-2-1-3-5-8/h1-6H,7H2,(H,18,19). The van der Waals surface area contributed by atoms with Gasteiger partial charge in [0.15, 0.2) is 5.13 Å². The van der Waals surface area contributed by atoms with Gasteiger partial charge in [0.2, 0.25) is 3.79 Å². The normalized spacial score (nSPS) is 11.3. The first-order valence-electron chi connectivity index (χ1n) is 5.45. The van der Waals surface area contributed by atoms with Gasteiger partial charge in [-0.2, -0.15) is 0 Å². The lowest BCUT2D eigenvalue weighted by Crippen LogP contribution is -2.36. The lowest BCUT2D eigenvalue weighted by atomic mass is 10.2. The third kappa shape index (κ3) is 3.99. The van der Waals surface area contributed by atoms with E-state index in [-0.39, 0.29) is 11.7 Å². The molecule has 0 radical (unpaired) electrons. The molecule has 1 heterocycles. The fourth-order valence-electron chi connectivity index (χ4n) is 1.53. The minimum atomic E-state index is -1.70. The zero-order chi connectivity index (χ0) is 14.8. The third-order valence-electron chi connectivity index (χ3n) is 2.36. The van der Waals surface area contributed by atoms with Crippen molar-refractivity contribution in [1.82, 2.24) is 4.98 Å². The van der Waals surface area contributed by atoms with Crippen LogP contribution in [0.2, 0.25) is 0 Å². The van der Waals surface area contributed by atoms with Crippen molar-refractivity contribution in [3.05, 3.63) is 35.7 Å². The summed E-state index contributed by atoms with van der Waals surface area (Å²) in [6.45, 7) is -0.283. The molecule has 2 aromatic rings. The molecule has 4 nitrogen and oxygen atoms in total. The minimum Gasteiger partial charge on any atom is -0.465 e. The molecule has 0 spiro atoms. The highest BCUT2D eigenvalue weighted by atomic mass is 35.6. The Hall–Kier alpha value is -1.01. The summed E-state index contributed by atoms with van der Waals surface area (Å²) in [5.74, 6) is 0. The van der Waals surface area contributed by atoms with E-state index in [0.29, 0.717) is 5.69 Å². The first kappa shape index (κ1) is 15.4. The molecule has 0 unspecified atom stereocenters. The van der Waals surface area contributed by atoms with Crippen molar-refractivity contribution in [2.45, 2.75) is 3.79 Å². The van der Waals surface area contributed by atoms with Gasteiger partial charge in [0.1, 0.15) is 0 Å². The number of nitrogens with zero attached hydrogens (tertiary/aromatic N) is 2. The van der Waals surface area contributed by atoms with Crippen LogP contribution in [0.5, 0.6) is 0 Å². The summed E-state index contributed by atoms with van der Waals surface area (Å²) in [5, 5.41) is 11.2. The predicted molar refractivity (Wildman–Crippen MR) is 83.2 cm³/mol. The molecule has 20 heavy (non-hydrogen) atoms. The monoisotopic (exact) mass is 350 g/mol. The molecule has 1 aromatic heterocycles. The molecule has 0 aliphatic carbocycles. The number of amides is 1. The predicted octanol–water partition coefficient (Wildman–Crippen LogP) is 4.66. The Kier molecular flexibility index (Phi) is 4.75. The van der Waals surface area contributed by atoms with E-state index in [1.807, 2.05) is 30.3 Å². The number of carboxylic acid groups (broad SMARTS) is 1. The third-order valence-corrected chi connectivity index (χ3v) is 3.58. The van der Waals surface area contributed by atoms with Crippen LogP contribution in [-0.2, 0) is 0 Å². The Bertz CT molecular complexity index is 598. The van der Waals surface area contributed by atoms with Gasteiger partial charge in [-0.15, -0.1) is 11.3 Å². The lowest BCUT2D eigenvalue weighted by molar-refractivity contribution is 0.202. The molecule has 0 atom stereocenters. The van der Waals surface area contributed by atoms with Crippen molar-refractivity contribution >= 4 is 57.4 Å². The highest BCUT2D eigenvalue weighted by Crippen LogP contribution is 2.32. The van der Waals surface area contributed by atoms with Crippen LogP contribution < -0.4 is 4.90 Å². The number of halogens is 3. The van der Waals surface area contributed by atoms with Gasteiger partial charge in [0.25, 0.3) is 0 Å². The van der Waals surface area contributed by atoms with Crippen LogP contribution in [0.3, 0.4) is 0 Å². The van der Waals surface area contributed by atoms with Crippen LogP contribution in [0.4, 0.5) is 9.93 Å². The van der Waals surface area contributed by atoms with E-state index in [1.54, 1.807) is 5.38 Å². The van der Waals surface area contributed by atoms with Gasteiger partial charge >= 0.3 is 6.09 Å². The number of alkyl halides is 3. The summed E-state index contributed by atoms with van der Waals surface area (Å²) < 4.78 is -1.70. The molecule has 1 amide bonds. The van der Waals surface area contributed by atoms with E-state index in [1.165, 1.54) is 11.3 Å². The fraction of sp³-hybridized carbons (Fsp3) is 0.167. The van der Waals surface area contributed by atoms with Crippen molar-refractivity contribution in [3.63, 3.8) is 0 Å². The summed E-state index contributed by atoms with van der Waals surface area (Å²) in [6, 6.07) is 9.43. The van der Waals surface area contributed by atoms with E-state index in [2.05, 4.69) is 4.98 Å². The number of carbonyl (C=O) groups is 1. The van der Waals surface area contributed by atoms with Gasteiger partial charge in [-0.25, -0.2) is 14.7 Å². The molecule has 0 aliphatic heterocycles. The van der Waals surface area contributed by atoms with Gasteiger partial charge in [0.05, 0.1) is 12.2 Å². The summed E-state index contributed by atoms with van der Waals surface area (Å²) in [7, 11) is 0. The zero-order valence-corrected chi connectivity index (χ0v) is 13.0. The number of benzene rings is 1. The maximum atomic E-state index is 11.2. The quantitative estimate of drug-likeness (QED) is 0.818. The zero-order valence-electron chi connectivity index (χ0n) is 9.96. The molecule has 8 heteroatoms. The van der Waals surface area contributed by atoms with E-state index >= 15 is 0 Å². The minimum absolute atomic E-state index is 0.266. The largest absolute Gasteiger partial charge is 0.465 e. The summed E-state index contributed by atoms with van der Waals surface area (Å²) in [4.78, 5) is 16.4. The maximum absolute atomic E-state index is 11.2. The summed E-state index contributed by atoms with van der Waals surface area (Å²) in [6.07, 6.45) is -1.22. The van der Waals surface area contributed by atoms with E-state index < -0.39 is 9.89 Å². The molecule has 1 aromatic carbocycles. The van der Waals surface area contributed by atoms with Crippen molar-refractivity contribution in [3.8, 4) is 11.3 Å². The molecular weight excluding hydrogens is 343 g/mol. The van der Waals surface area contributed by atoms with Gasteiger partial charge in [-0.1, -0.05) is 65.1 Å². The van der Waals surface area contributed by atoms with Crippen LogP contribution in [0, 0.1) is 0 Å². The Morgan fingerprint density at radius 1 is 1.30 bits per heavy atom. The molecular formula is C12H9Cl3N2O2S. The maximum Gasteiger partial charge on any atom is 0.413 e. The Morgan fingerprint density at radius 3 is 2.50 bits per heavy atom. The van der Waals surface area contributed by atoms with Gasteiger partial charge in [0, 0.05) is 10.9 Å². The van der Waals surface area contributed by atoms with E-state index in [9.17, 15) is 9.90 Å². The number of anilines is 1. The van der Waals surface area contributed by atoms with Crippen molar-refractivity contribution in [1.29, 1.82) is 0 Å². The highest BCUT2D eigenvalue weighted by molar-refractivity contribution is 7.14. The van der Waals surface area contributed by atoms with Crippen molar-refractivity contribution in [2.24, 2.45) is 0 Å². The van der Waals surface area contributed by atoms with Crippen LogP contribution in [0.15, 0.2) is 35.7 Å². The topological polar surface area (TPSA) is 53.4 Å². The van der Waals surface area contributed by atoms with E-state index in [4.69, 9.17) is 34.8 Å². The highest BCUT2D eigenvalue weighted by Gasteiger charge is 2.29. The Labute approximate surface area is 134 Å². The van der Waals surface area contributed by atoms with Gasteiger partial charge in [-0.05, 0) is 0 Å². The lowest BCUT2D eigenvalue weighted by Gasteiger charge is -2.20. The second-order valence-electron chi connectivity index (χ2n) is 3.87. The fourth-order valence-corrected chi connectivity index (χ4v) is 2.71. The van der Waals surface area contributed by atoms with Crippen LogP contribution in [-0.4, -0.2) is 26.5 Å². The smallest absolute Gasteiger partial charge is 0.413 e. The van der Waals surface area contributed by atoms with Gasteiger partial charge < -0.3 is 5.11 Å². The molecule has 106 valence electrons. The molecule has 0 saturated carbocycles. The number of thiazole rings is 1. The van der Waals surface area contributed by atoms with Crippen molar-refractivity contribution in [2.75, 3.05) is 11.4 Å². The molecule has 1 N–H and O–H groups in total. The average molecular weight is 352 g/mol. The first-order valence-corrected chi connectivity index (χ1v) is 7.46. The second-order valence-corrected chi connectivity index (χ2v) is 7.22. The molecule has 0 aliphatic rings. The number of rotatable bonds is 3. The van der Waals surface area contributed by atoms with E-state index in [0.717, 1.165) is 10.5 Å². The number of hydrogen-bond donors (Lipinski definition) is 1. The number of hydrogen-bond acceptors (Lipinski definition) is 3. The van der Waals surface area contributed by atoms with Crippen LogP contribution in [0.1, 0.15) is 0 Å². The average Bonchev–Trinajstić information content (AvgIpc) is 2.85. The second kappa shape index (κ2) is 6.18. The Balaban J connectivity index is 2.28. The van der Waals surface area contributed by atoms with Crippen LogP contribution >= 0.6 is 46.1 Å². The molecule has 2 rings (SSSR count). The van der Waals surface area contributed by atoms with Crippen molar-refractivity contribution < 1.29 is 9.90 Å².